The van der Waals surface area contributed by atoms with Gasteiger partial charge in [0.15, 0.2) is 0 Å². The summed E-state index contributed by atoms with van der Waals surface area (Å²) in [4.78, 5) is 17.1. The fourth-order valence-electron chi connectivity index (χ4n) is 2.34. The van der Waals surface area contributed by atoms with Crippen LogP contribution in [0.2, 0.25) is 0 Å². The highest BCUT2D eigenvalue weighted by Gasteiger charge is 2.18. The average molecular weight is 290 g/mol. The van der Waals surface area contributed by atoms with Gasteiger partial charge in [-0.3, -0.25) is 14.7 Å². The second kappa shape index (κ2) is 6.63. The van der Waals surface area contributed by atoms with Crippen LogP contribution in [0.5, 0.6) is 0 Å². The van der Waals surface area contributed by atoms with Gasteiger partial charge in [-0.05, 0) is 37.1 Å². The number of carbonyl (C=O) groups is 1. The molecule has 0 aliphatic heterocycles. The van der Waals surface area contributed by atoms with Gasteiger partial charge in [0.2, 0.25) is 0 Å². The van der Waals surface area contributed by atoms with Crippen molar-refractivity contribution in [3.05, 3.63) is 41.8 Å². The number of rotatable bonds is 6. The first kappa shape index (κ1) is 15.4. The van der Waals surface area contributed by atoms with Crippen molar-refractivity contribution in [1.82, 2.24) is 9.88 Å². The highest BCUT2D eigenvalue weighted by Crippen LogP contribution is 2.22. The maximum absolute atomic E-state index is 13.8. The molecule has 0 bridgehead atoms. The van der Waals surface area contributed by atoms with Gasteiger partial charge in [0.1, 0.15) is 5.82 Å². The minimum atomic E-state index is -0.866. The van der Waals surface area contributed by atoms with Gasteiger partial charge in [-0.2, -0.15) is 0 Å². The van der Waals surface area contributed by atoms with Gasteiger partial charge in [-0.1, -0.05) is 13.0 Å². The van der Waals surface area contributed by atoms with Crippen molar-refractivity contribution in [1.29, 1.82) is 0 Å². The van der Waals surface area contributed by atoms with Crippen molar-refractivity contribution in [2.45, 2.75) is 32.9 Å². The number of fused-ring (bicyclic) bond motifs is 1. The summed E-state index contributed by atoms with van der Waals surface area (Å²) in [6, 6.07) is 6.60. The second-order valence-corrected chi connectivity index (χ2v) is 5.16. The Bertz CT molecular complexity index is 645. The SMILES string of the molecule is CCC(C)N(CC(=O)O)Cc1ccc(F)c2cccnc12. The first-order valence-electron chi connectivity index (χ1n) is 7.01. The summed E-state index contributed by atoms with van der Waals surface area (Å²) in [5.74, 6) is -1.18. The Balaban J connectivity index is 2.36. The van der Waals surface area contributed by atoms with Gasteiger partial charge in [0.25, 0.3) is 0 Å². The van der Waals surface area contributed by atoms with Crippen LogP contribution in [0, 0.1) is 5.82 Å². The van der Waals surface area contributed by atoms with Crippen LogP contribution in [-0.2, 0) is 11.3 Å². The predicted octanol–water partition coefficient (Wildman–Crippen LogP) is 3.06. The number of aromatic nitrogens is 1. The zero-order chi connectivity index (χ0) is 15.4. The molecule has 0 radical (unpaired) electrons. The van der Waals surface area contributed by atoms with Crippen molar-refractivity contribution in [2.24, 2.45) is 0 Å². The normalized spacial score (nSPS) is 12.8. The Morgan fingerprint density at radius 2 is 2.19 bits per heavy atom. The second-order valence-electron chi connectivity index (χ2n) is 5.16. The van der Waals surface area contributed by atoms with Crippen LogP contribution < -0.4 is 0 Å². The lowest BCUT2D eigenvalue weighted by molar-refractivity contribution is -0.139. The lowest BCUT2D eigenvalue weighted by Crippen LogP contribution is -2.36. The summed E-state index contributed by atoms with van der Waals surface area (Å²) in [5.41, 5.74) is 1.43. The first-order valence-corrected chi connectivity index (χ1v) is 7.01. The Morgan fingerprint density at radius 1 is 1.43 bits per heavy atom. The molecule has 0 aliphatic rings. The van der Waals surface area contributed by atoms with Crippen molar-refractivity contribution in [3.8, 4) is 0 Å². The Kier molecular flexibility index (Phi) is 4.85. The van der Waals surface area contributed by atoms with E-state index < -0.39 is 5.97 Å². The molecule has 112 valence electrons. The van der Waals surface area contributed by atoms with Gasteiger partial charge >= 0.3 is 5.97 Å². The fraction of sp³-hybridized carbons (Fsp3) is 0.375. The van der Waals surface area contributed by atoms with E-state index in [-0.39, 0.29) is 18.4 Å². The molecule has 0 saturated carbocycles. The zero-order valence-electron chi connectivity index (χ0n) is 12.2. The number of halogens is 1. The number of pyridine rings is 1. The Labute approximate surface area is 123 Å². The van der Waals surface area contributed by atoms with Crippen molar-refractivity contribution < 1.29 is 14.3 Å². The topological polar surface area (TPSA) is 53.4 Å². The Morgan fingerprint density at radius 3 is 2.86 bits per heavy atom. The zero-order valence-corrected chi connectivity index (χ0v) is 12.2. The van der Waals surface area contributed by atoms with E-state index in [1.54, 1.807) is 24.4 Å². The van der Waals surface area contributed by atoms with Crippen LogP contribution in [0.3, 0.4) is 0 Å². The summed E-state index contributed by atoms with van der Waals surface area (Å²) < 4.78 is 13.8. The lowest BCUT2D eigenvalue weighted by Gasteiger charge is -2.27. The summed E-state index contributed by atoms with van der Waals surface area (Å²) >= 11 is 0. The fourth-order valence-corrected chi connectivity index (χ4v) is 2.34. The van der Waals surface area contributed by atoms with E-state index in [4.69, 9.17) is 5.11 Å². The lowest BCUT2D eigenvalue weighted by atomic mass is 10.1. The van der Waals surface area contributed by atoms with Gasteiger partial charge < -0.3 is 5.11 Å². The standard InChI is InChI=1S/C16H19FN2O2/c1-3-11(2)19(10-15(20)21)9-12-6-7-14(17)13-5-4-8-18-16(12)13/h4-8,11H,3,9-10H2,1-2H3,(H,20,21). The molecular weight excluding hydrogens is 271 g/mol. The van der Waals surface area contributed by atoms with Crippen LogP contribution >= 0.6 is 0 Å². The van der Waals surface area contributed by atoms with Crippen LogP contribution in [0.4, 0.5) is 4.39 Å². The number of carboxylic acids is 1. The molecule has 1 atom stereocenters. The van der Waals surface area contributed by atoms with Crippen molar-refractivity contribution in [3.63, 3.8) is 0 Å². The molecule has 0 saturated heterocycles. The molecule has 1 heterocycles. The maximum Gasteiger partial charge on any atom is 0.317 e. The number of carboxylic acid groups (broad SMARTS) is 1. The smallest absolute Gasteiger partial charge is 0.317 e. The highest BCUT2D eigenvalue weighted by molar-refractivity contribution is 5.82. The summed E-state index contributed by atoms with van der Waals surface area (Å²) in [5, 5.41) is 9.51. The van der Waals surface area contributed by atoms with E-state index in [0.29, 0.717) is 17.4 Å². The molecule has 0 spiro atoms. The third-order valence-corrected chi connectivity index (χ3v) is 3.73. The van der Waals surface area contributed by atoms with Gasteiger partial charge in [0, 0.05) is 24.2 Å². The molecule has 4 nitrogen and oxygen atoms in total. The van der Waals surface area contributed by atoms with Crippen molar-refractivity contribution in [2.75, 3.05) is 6.54 Å². The molecule has 1 aromatic carbocycles. The number of hydrogen-bond donors (Lipinski definition) is 1. The largest absolute Gasteiger partial charge is 0.480 e. The molecule has 5 heteroatoms. The highest BCUT2D eigenvalue weighted by atomic mass is 19.1. The van der Waals surface area contributed by atoms with E-state index in [1.165, 1.54) is 6.07 Å². The maximum atomic E-state index is 13.8. The minimum absolute atomic E-state index is 0.0410. The third kappa shape index (κ3) is 3.55. The average Bonchev–Trinajstić information content (AvgIpc) is 2.48. The van der Waals surface area contributed by atoms with Crippen LogP contribution in [0.25, 0.3) is 10.9 Å². The Hall–Kier alpha value is -2.01. The van der Waals surface area contributed by atoms with E-state index in [0.717, 1.165) is 12.0 Å². The molecule has 2 aromatic rings. The molecule has 0 fully saturated rings. The van der Waals surface area contributed by atoms with Gasteiger partial charge in [-0.15, -0.1) is 0 Å². The van der Waals surface area contributed by atoms with Crippen LogP contribution in [0.1, 0.15) is 25.8 Å². The van der Waals surface area contributed by atoms with E-state index in [9.17, 15) is 9.18 Å². The summed E-state index contributed by atoms with van der Waals surface area (Å²) in [6.45, 7) is 4.40. The minimum Gasteiger partial charge on any atom is -0.480 e. The van der Waals surface area contributed by atoms with Crippen LogP contribution in [0.15, 0.2) is 30.5 Å². The molecule has 0 aliphatic carbocycles. The van der Waals surface area contributed by atoms with E-state index in [1.807, 2.05) is 18.7 Å². The van der Waals surface area contributed by atoms with Crippen LogP contribution in [-0.4, -0.2) is 33.5 Å². The molecular formula is C16H19FN2O2. The first-order chi connectivity index (χ1) is 10.0. The number of aliphatic carboxylic acids is 1. The van der Waals surface area contributed by atoms with Gasteiger partial charge in [-0.25, -0.2) is 4.39 Å². The molecule has 1 aromatic heterocycles. The molecule has 21 heavy (non-hydrogen) atoms. The number of benzene rings is 1. The van der Waals surface area contributed by atoms with E-state index in [2.05, 4.69) is 4.98 Å². The molecule has 2 rings (SSSR count). The van der Waals surface area contributed by atoms with Gasteiger partial charge in [0.05, 0.1) is 12.1 Å². The molecule has 0 amide bonds. The summed E-state index contributed by atoms with van der Waals surface area (Å²) in [7, 11) is 0. The monoisotopic (exact) mass is 290 g/mol. The molecule has 1 N–H and O–H groups in total. The quantitative estimate of drug-likeness (QED) is 0.888. The number of hydrogen-bond acceptors (Lipinski definition) is 3. The third-order valence-electron chi connectivity index (χ3n) is 3.73. The van der Waals surface area contributed by atoms with E-state index >= 15 is 0 Å². The number of nitrogens with zero attached hydrogens (tertiary/aromatic N) is 2. The predicted molar refractivity (Wildman–Crippen MR) is 79.5 cm³/mol. The molecule has 1 unspecified atom stereocenters. The van der Waals surface area contributed by atoms with Crippen molar-refractivity contribution >= 4 is 16.9 Å². The summed E-state index contributed by atoms with van der Waals surface area (Å²) in [6.07, 6.45) is 2.47.